The smallest absolute Gasteiger partial charge is 0.341 e. The largest absolute Gasteiger partial charge is 0.477 e. The second kappa shape index (κ2) is 5.59. The van der Waals surface area contributed by atoms with Gasteiger partial charge in [0, 0.05) is 44.2 Å². The normalized spacial score (nSPS) is 21.2. The summed E-state index contributed by atoms with van der Waals surface area (Å²) in [5.41, 5.74) is 1.51. The molecule has 1 aromatic heterocycles. The minimum atomic E-state index is -1.28. The Morgan fingerprint density at radius 3 is 3.04 bits per heavy atom. The molecule has 1 saturated heterocycles. The van der Waals surface area contributed by atoms with Crippen LogP contribution in [-0.2, 0) is 6.54 Å². The molecule has 1 aromatic carbocycles. The van der Waals surface area contributed by atoms with E-state index in [1.807, 2.05) is 4.90 Å². The van der Waals surface area contributed by atoms with Crippen LogP contribution in [0.4, 0.5) is 10.1 Å². The van der Waals surface area contributed by atoms with Gasteiger partial charge in [-0.2, -0.15) is 0 Å². The fraction of sp³-hybridized carbons (Fsp3) is 0.333. The number of rotatable bonds is 2. The highest BCUT2D eigenvalue weighted by Gasteiger charge is 2.34. The number of hydrogen-bond acceptors (Lipinski definition) is 5. The number of carbonyl (C=O) groups is 1. The quantitative estimate of drug-likeness (QED) is 0.780. The van der Waals surface area contributed by atoms with Crippen molar-refractivity contribution in [3.8, 4) is 0 Å². The van der Waals surface area contributed by atoms with Gasteiger partial charge in [0.15, 0.2) is 0 Å². The maximum atomic E-state index is 15.1. The van der Waals surface area contributed by atoms with Gasteiger partial charge in [0.1, 0.15) is 11.4 Å². The molecular formula is C18H16FN3O3S. The average molecular weight is 373 g/mol. The van der Waals surface area contributed by atoms with Crippen molar-refractivity contribution in [1.29, 1.82) is 0 Å². The highest BCUT2D eigenvalue weighted by atomic mass is 32.2. The molecule has 1 atom stereocenters. The van der Waals surface area contributed by atoms with Crippen LogP contribution in [0.25, 0.3) is 10.9 Å². The van der Waals surface area contributed by atoms with E-state index < -0.39 is 17.2 Å². The van der Waals surface area contributed by atoms with Crippen LogP contribution in [0, 0.1) is 5.82 Å². The summed E-state index contributed by atoms with van der Waals surface area (Å²) in [6.07, 6.45) is 3.54. The molecule has 0 saturated carbocycles. The molecule has 26 heavy (non-hydrogen) atoms. The van der Waals surface area contributed by atoms with Gasteiger partial charge in [-0.1, -0.05) is 6.08 Å². The maximum absolute atomic E-state index is 15.1. The number of aromatic nitrogens is 1. The van der Waals surface area contributed by atoms with Crippen LogP contribution < -0.4 is 15.6 Å². The zero-order valence-electron chi connectivity index (χ0n) is 13.8. The Hall–Kier alpha value is -2.32. The van der Waals surface area contributed by atoms with Crippen LogP contribution in [0.3, 0.4) is 0 Å². The highest BCUT2D eigenvalue weighted by molar-refractivity contribution is 7.99. The van der Waals surface area contributed by atoms with E-state index in [0.717, 1.165) is 11.4 Å². The lowest BCUT2D eigenvalue weighted by Gasteiger charge is -2.27. The fourth-order valence-corrected chi connectivity index (χ4v) is 5.35. The molecule has 0 amide bonds. The van der Waals surface area contributed by atoms with Crippen LogP contribution >= 0.6 is 11.8 Å². The van der Waals surface area contributed by atoms with Gasteiger partial charge in [0.2, 0.25) is 5.43 Å². The van der Waals surface area contributed by atoms with Crippen molar-refractivity contribution in [2.45, 2.75) is 17.5 Å². The number of benzene rings is 1. The molecule has 0 aliphatic carbocycles. The van der Waals surface area contributed by atoms with Crippen LogP contribution in [0.2, 0.25) is 0 Å². The number of halogens is 1. The van der Waals surface area contributed by atoms with E-state index in [9.17, 15) is 14.7 Å². The number of anilines is 1. The van der Waals surface area contributed by atoms with Gasteiger partial charge in [-0.25, -0.2) is 9.18 Å². The molecule has 2 aromatic rings. The van der Waals surface area contributed by atoms with Crippen LogP contribution in [0.1, 0.15) is 10.4 Å². The number of aryl methyl sites for hydroxylation is 1. The van der Waals surface area contributed by atoms with Gasteiger partial charge < -0.3 is 19.9 Å². The van der Waals surface area contributed by atoms with E-state index in [1.165, 1.54) is 29.6 Å². The molecule has 1 unspecified atom stereocenters. The molecule has 0 spiro atoms. The number of nitrogens with zero attached hydrogens (tertiary/aromatic N) is 2. The maximum Gasteiger partial charge on any atom is 0.341 e. The van der Waals surface area contributed by atoms with E-state index in [1.54, 1.807) is 4.57 Å². The van der Waals surface area contributed by atoms with E-state index in [2.05, 4.69) is 11.4 Å². The number of aromatic carboxylic acids is 1. The summed E-state index contributed by atoms with van der Waals surface area (Å²) in [6, 6.07) is 1.46. The minimum Gasteiger partial charge on any atom is -0.477 e. The van der Waals surface area contributed by atoms with Gasteiger partial charge in [-0.15, -0.1) is 11.8 Å². The lowest BCUT2D eigenvalue weighted by molar-refractivity contribution is 0.0695. The topological polar surface area (TPSA) is 74.6 Å². The summed E-state index contributed by atoms with van der Waals surface area (Å²) < 4.78 is 16.9. The van der Waals surface area contributed by atoms with Crippen molar-refractivity contribution in [3.05, 3.63) is 45.5 Å². The molecule has 0 bridgehead atoms. The Balaban J connectivity index is 1.76. The third kappa shape index (κ3) is 2.15. The number of pyridine rings is 1. The van der Waals surface area contributed by atoms with Gasteiger partial charge in [-0.05, 0) is 11.6 Å². The number of nitrogens with one attached hydrogen (secondary N) is 1. The first-order chi connectivity index (χ1) is 12.5. The Labute approximate surface area is 152 Å². The second-order valence-electron chi connectivity index (χ2n) is 6.77. The zero-order chi connectivity index (χ0) is 18.0. The van der Waals surface area contributed by atoms with Crippen molar-refractivity contribution in [2.24, 2.45) is 0 Å². The predicted molar refractivity (Wildman–Crippen MR) is 97.9 cm³/mol. The summed E-state index contributed by atoms with van der Waals surface area (Å²) in [7, 11) is 0. The fourth-order valence-electron chi connectivity index (χ4n) is 4.13. The van der Waals surface area contributed by atoms with Crippen molar-refractivity contribution in [1.82, 2.24) is 9.88 Å². The number of carboxylic acid groups (broad SMARTS) is 1. The first kappa shape index (κ1) is 15.9. The average Bonchev–Trinajstić information content (AvgIpc) is 3.19. The molecular weight excluding hydrogens is 357 g/mol. The van der Waals surface area contributed by atoms with Crippen LogP contribution in [-0.4, -0.2) is 47.1 Å². The Morgan fingerprint density at radius 1 is 1.42 bits per heavy atom. The first-order valence-corrected chi connectivity index (χ1v) is 9.46. The lowest BCUT2D eigenvalue weighted by atomic mass is 10.1. The first-order valence-electron chi connectivity index (χ1n) is 8.47. The Morgan fingerprint density at radius 2 is 2.27 bits per heavy atom. The van der Waals surface area contributed by atoms with Crippen molar-refractivity contribution < 1.29 is 14.3 Å². The number of fused-ring (bicyclic) bond motifs is 1. The number of thioether (sulfide) groups is 1. The van der Waals surface area contributed by atoms with Crippen molar-refractivity contribution in [3.63, 3.8) is 0 Å². The molecule has 5 rings (SSSR count). The molecule has 3 aliphatic rings. The third-order valence-electron chi connectivity index (χ3n) is 5.32. The molecule has 134 valence electrons. The van der Waals surface area contributed by atoms with E-state index in [4.69, 9.17) is 0 Å². The van der Waals surface area contributed by atoms with Gasteiger partial charge in [0.25, 0.3) is 0 Å². The van der Waals surface area contributed by atoms with Crippen LogP contribution in [0.15, 0.2) is 33.6 Å². The Bertz CT molecular complexity index is 1060. The molecule has 3 aliphatic heterocycles. The van der Waals surface area contributed by atoms with Crippen molar-refractivity contribution in [2.75, 3.05) is 30.3 Å². The third-order valence-corrected chi connectivity index (χ3v) is 6.38. The summed E-state index contributed by atoms with van der Waals surface area (Å²) >= 11 is 1.53. The van der Waals surface area contributed by atoms with Crippen LogP contribution in [0.5, 0.6) is 0 Å². The van der Waals surface area contributed by atoms with E-state index in [0.29, 0.717) is 36.6 Å². The molecule has 2 N–H and O–H groups in total. The van der Waals surface area contributed by atoms with Gasteiger partial charge in [-0.3, -0.25) is 4.79 Å². The standard InChI is InChI=1S/C18H16FN3O3S/c19-12-5-10-14-17(15(12)22-6-9-1-2-20-13(9)8-22)26-4-3-21(14)7-11(16(10)23)18(24)25/h1,5,7,13,20H,2-4,6,8H2,(H,24,25). The SMILES string of the molecule is O=C(O)c1cn2c3c(c(N4CC5=CCNC5C4)c(F)cc3c1=O)SCC2. The molecule has 4 heterocycles. The van der Waals surface area contributed by atoms with E-state index in [-0.39, 0.29) is 17.0 Å². The number of carboxylic acids is 1. The van der Waals surface area contributed by atoms with Gasteiger partial charge in [0.05, 0.1) is 21.5 Å². The Kier molecular flexibility index (Phi) is 3.42. The molecule has 1 fully saturated rings. The molecule has 8 heteroatoms. The summed E-state index contributed by atoms with van der Waals surface area (Å²) in [4.78, 5) is 26.7. The zero-order valence-corrected chi connectivity index (χ0v) is 14.6. The molecule has 6 nitrogen and oxygen atoms in total. The van der Waals surface area contributed by atoms with Gasteiger partial charge >= 0.3 is 5.97 Å². The second-order valence-corrected chi connectivity index (χ2v) is 7.88. The van der Waals surface area contributed by atoms with E-state index >= 15 is 4.39 Å². The number of hydrogen-bond donors (Lipinski definition) is 2. The summed E-state index contributed by atoms with van der Waals surface area (Å²) in [5.74, 6) is -1.04. The summed E-state index contributed by atoms with van der Waals surface area (Å²) in [6.45, 7) is 2.81. The lowest BCUT2D eigenvalue weighted by Crippen LogP contribution is -2.31. The predicted octanol–water partition coefficient (Wildman–Crippen LogP) is 1.66. The molecule has 0 radical (unpaired) electrons. The summed E-state index contributed by atoms with van der Waals surface area (Å²) in [5, 5.41) is 12.8. The minimum absolute atomic E-state index is 0.144. The van der Waals surface area contributed by atoms with Crippen molar-refractivity contribution >= 4 is 34.3 Å². The highest BCUT2D eigenvalue weighted by Crippen LogP contribution is 2.42. The monoisotopic (exact) mass is 373 g/mol.